The maximum absolute atomic E-state index is 12.0. The molecule has 0 saturated carbocycles. The quantitative estimate of drug-likeness (QED) is 0.902. The van der Waals surface area contributed by atoms with Crippen LogP contribution in [-0.4, -0.2) is 35.6 Å². The van der Waals surface area contributed by atoms with Crippen LogP contribution < -0.4 is 5.73 Å². The Labute approximate surface area is 100 Å². The summed E-state index contributed by atoms with van der Waals surface area (Å²) < 4.78 is 35.9. The number of alkyl halides is 3. The summed E-state index contributed by atoms with van der Waals surface area (Å²) in [7, 11) is 1.32. The summed E-state index contributed by atoms with van der Waals surface area (Å²) in [5.74, 6) is -0.523. The third kappa shape index (κ3) is 4.31. The molecule has 2 N–H and O–H groups in total. The largest absolute Gasteiger partial charge is 0.390 e. The number of hydrogen-bond donors (Lipinski definition) is 1. The zero-order valence-electron chi connectivity index (χ0n) is 9.12. The lowest BCUT2D eigenvalue weighted by molar-refractivity contribution is -0.136. The van der Waals surface area contributed by atoms with Crippen LogP contribution >= 0.6 is 11.3 Å². The Morgan fingerprint density at radius 2 is 2.24 bits per heavy atom. The van der Waals surface area contributed by atoms with Gasteiger partial charge in [0, 0.05) is 25.5 Å². The van der Waals surface area contributed by atoms with Crippen LogP contribution in [0.5, 0.6) is 0 Å². The van der Waals surface area contributed by atoms with Crippen LogP contribution in [0, 0.1) is 0 Å². The summed E-state index contributed by atoms with van der Waals surface area (Å²) in [4.78, 5) is 16.6. The van der Waals surface area contributed by atoms with Gasteiger partial charge in [0.05, 0.1) is 6.42 Å². The Bertz CT molecular complexity index is 391. The number of rotatable bonds is 4. The third-order valence-electron chi connectivity index (χ3n) is 2.02. The molecule has 17 heavy (non-hydrogen) atoms. The van der Waals surface area contributed by atoms with E-state index in [1.54, 1.807) is 0 Å². The normalized spacial score (nSPS) is 11.6. The molecule has 0 bridgehead atoms. The van der Waals surface area contributed by atoms with Gasteiger partial charge in [0.25, 0.3) is 5.91 Å². The first kappa shape index (κ1) is 13.9. The van der Waals surface area contributed by atoms with Gasteiger partial charge in [0.2, 0.25) is 0 Å². The molecular formula is C9H12F3N3OS. The van der Waals surface area contributed by atoms with Gasteiger partial charge in [0.1, 0.15) is 10.7 Å². The van der Waals surface area contributed by atoms with E-state index in [1.165, 1.54) is 23.8 Å². The highest BCUT2D eigenvalue weighted by Crippen LogP contribution is 2.20. The average molecular weight is 267 g/mol. The molecule has 1 aromatic heterocycles. The second-order valence-electron chi connectivity index (χ2n) is 3.42. The molecule has 0 radical (unpaired) electrons. The molecular weight excluding hydrogens is 255 g/mol. The van der Waals surface area contributed by atoms with Gasteiger partial charge in [-0.1, -0.05) is 0 Å². The molecule has 96 valence electrons. The van der Waals surface area contributed by atoms with E-state index in [-0.39, 0.29) is 18.8 Å². The fraction of sp³-hybridized carbons (Fsp3) is 0.556. The summed E-state index contributed by atoms with van der Waals surface area (Å²) in [5.41, 5.74) is 5.47. The van der Waals surface area contributed by atoms with Gasteiger partial charge < -0.3 is 10.6 Å². The number of halogens is 3. The van der Waals surface area contributed by atoms with Gasteiger partial charge in [-0.2, -0.15) is 13.2 Å². The van der Waals surface area contributed by atoms with Gasteiger partial charge in [-0.3, -0.25) is 4.79 Å². The van der Waals surface area contributed by atoms with Crippen LogP contribution in [0.25, 0.3) is 0 Å². The molecule has 0 spiro atoms. The highest BCUT2D eigenvalue weighted by atomic mass is 32.1. The highest BCUT2D eigenvalue weighted by molar-refractivity contribution is 7.09. The molecule has 1 amide bonds. The van der Waals surface area contributed by atoms with E-state index in [4.69, 9.17) is 5.73 Å². The Kier molecular flexibility index (Phi) is 4.47. The molecule has 0 aliphatic carbocycles. The fourth-order valence-electron chi connectivity index (χ4n) is 1.09. The second kappa shape index (κ2) is 5.46. The van der Waals surface area contributed by atoms with Crippen molar-refractivity contribution in [3.8, 4) is 0 Å². The summed E-state index contributed by atoms with van der Waals surface area (Å²) in [6, 6.07) is 0. The van der Waals surface area contributed by atoms with E-state index < -0.39 is 18.5 Å². The predicted molar refractivity (Wildman–Crippen MR) is 57.6 cm³/mol. The van der Waals surface area contributed by atoms with Crippen LogP contribution in [0.4, 0.5) is 13.2 Å². The molecule has 1 rings (SSSR count). The fourth-order valence-corrected chi connectivity index (χ4v) is 1.74. The van der Waals surface area contributed by atoms with Crippen molar-refractivity contribution in [2.75, 3.05) is 13.6 Å². The Balaban J connectivity index is 2.57. The zero-order valence-corrected chi connectivity index (χ0v) is 9.94. The monoisotopic (exact) mass is 267 g/mol. The average Bonchev–Trinajstić information content (AvgIpc) is 2.72. The number of carbonyl (C=O) groups is 1. The maximum atomic E-state index is 12.0. The molecule has 0 aliphatic rings. The zero-order chi connectivity index (χ0) is 13.1. The van der Waals surface area contributed by atoms with Crippen LogP contribution in [0.2, 0.25) is 0 Å². The summed E-state index contributed by atoms with van der Waals surface area (Å²) in [6.45, 7) is -0.165. The SMILES string of the molecule is CN(CCC(F)(F)F)C(=O)c1csc(CN)n1. The molecule has 0 fully saturated rings. The first-order valence-electron chi connectivity index (χ1n) is 4.80. The second-order valence-corrected chi connectivity index (χ2v) is 4.37. The van der Waals surface area contributed by atoms with Crippen LogP contribution in [-0.2, 0) is 6.54 Å². The van der Waals surface area contributed by atoms with Crippen molar-refractivity contribution >= 4 is 17.2 Å². The maximum Gasteiger partial charge on any atom is 0.390 e. The van der Waals surface area contributed by atoms with Crippen molar-refractivity contribution in [3.63, 3.8) is 0 Å². The molecule has 0 saturated heterocycles. The minimum Gasteiger partial charge on any atom is -0.340 e. The first-order valence-corrected chi connectivity index (χ1v) is 5.68. The van der Waals surface area contributed by atoms with Crippen molar-refractivity contribution in [3.05, 3.63) is 16.1 Å². The van der Waals surface area contributed by atoms with E-state index in [2.05, 4.69) is 4.98 Å². The number of thiazole rings is 1. The van der Waals surface area contributed by atoms with Crippen molar-refractivity contribution in [1.29, 1.82) is 0 Å². The highest BCUT2D eigenvalue weighted by Gasteiger charge is 2.28. The molecule has 0 atom stereocenters. The van der Waals surface area contributed by atoms with Crippen molar-refractivity contribution < 1.29 is 18.0 Å². The topological polar surface area (TPSA) is 59.2 Å². The van der Waals surface area contributed by atoms with Gasteiger partial charge in [0.15, 0.2) is 0 Å². The lowest BCUT2D eigenvalue weighted by atomic mass is 10.3. The molecule has 0 aromatic carbocycles. The lowest BCUT2D eigenvalue weighted by Gasteiger charge is -2.16. The van der Waals surface area contributed by atoms with E-state index >= 15 is 0 Å². The number of aromatic nitrogens is 1. The molecule has 8 heteroatoms. The summed E-state index contributed by atoms with van der Waals surface area (Å²) in [6.07, 6.45) is -5.29. The van der Waals surface area contributed by atoms with E-state index in [0.29, 0.717) is 5.01 Å². The Morgan fingerprint density at radius 3 is 2.71 bits per heavy atom. The molecule has 0 aliphatic heterocycles. The number of amides is 1. The molecule has 1 aromatic rings. The minimum absolute atomic E-state index is 0.139. The van der Waals surface area contributed by atoms with Crippen molar-refractivity contribution in [1.82, 2.24) is 9.88 Å². The summed E-state index contributed by atoms with van der Waals surface area (Å²) >= 11 is 1.21. The van der Waals surface area contributed by atoms with Gasteiger partial charge >= 0.3 is 6.18 Å². The minimum atomic E-state index is -4.26. The van der Waals surface area contributed by atoms with Crippen molar-refractivity contribution in [2.45, 2.75) is 19.1 Å². The van der Waals surface area contributed by atoms with Crippen LogP contribution in [0.15, 0.2) is 5.38 Å². The third-order valence-corrected chi connectivity index (χ3v) is 2.89. The van der Waals surface area contributed by atoms with Gasteiger partial charge in [-0.05, 0) is 0 Å². The van der Waals surface area contributed by atoms with E-state index in [0.717, 1.165) is 4.90 Å². The van der Waals surface area contributed by atoms with Gasteiger partial charge in [-0.25, -0.2) is 4.98 Å². The Morgan fingerprint density at radius 1 is 1.59 bits per heavy atom. The standard InChI is InChI=1S/C9H12F3N3OS/c1-15(3-2-9(10,11)12)8(16)6-5-17-7(4-13)14-6/h5H,2-4,13H2,1H3. The Hall–Kier alpha value is -1.15. The van der Waals surface area contributed by atoms with E-state index in [9.17, 15) is 18.0 Å². The van der Waals surface area contributed by atoms with Crippen LogP contribution in [0.1, 0.15) is 21.9 Å². The molecule has 1 heterocycles. The van der Waals surface area contributed by atoms with Crippen molar-refractivity contribution in [2.24, 2.45) is 5.73 Å². The summed E-state index contributed by atoms with van der Waals surface area (Å²) in [5, 5.41) is 2.08. The lowest BCUT2D eigenvalue weighted by Crippen LogP contribution is -2.30. The number of hydrogen-bond acceptors (Lipinski definition) is 4. The van der Waals surface area contributed by atoms with E-state index in [1.807, 2.05) is 0 Å². The predicted octanol–water partition coefficient (Wildman–Crippen LogP) is 1.63. The molecule has 0 unspecified atom stereocenters. The smallest absolute Gasteiger partial charge is 0.340 e. The first-order chi connectivity index (χ1) is 7.83. The number of nitrogens with two attached hydrogens (primary N) is 1. The number of carbonyl (C=O) groups excluding carboxylic acids is 1. The van der Waals surface area contributed by atoms with Crippen LogP contribution in [0.3, 0.4) is 0 Å². The molecule has 4 nitrogen and oxygen atoms in total. The number of nitrogens with zero attached hydrogens (tertiary/aromatic N) is 2. The van der Waals surface area contributed by atoms with Gasteiger partial charge in [-0.15, -0.1) is 11.3 Å².